The summed E-state index contributed by atoms with van der Waals surface area (Å²) >= 11 is 0. The van der Waals surface area contributed by atoms with Crippen LogP contribution in [-0.4, -0.2) is 46.0 Å². The van der Waals surface area contributed by atoms with Crippen molar-refractivity contribution in [2.75, 3.05) is 13.1 Å². The summed E-state index contributed by atoms with van der Waals surface area (Å²) in [7, 11) is -3.52. The molecule has 0 radical (unpaired) electrons. The molecule has 0 aliphatic carbocycles. The molecule has 8 nitrogen and oxygen atoms in total. The third-order valence-corrected chi connectivity index (χ3v) is 6.26. The van der Waals surface area contributed by atoms with Crippen LogP contribution in [-0.2, 0) is 10.0 Å². The van der Waals surface area contributed by atoms with Gasteiger partial charge < -0.3 is 4.42 Å². The molecule has 9 heteroatoms. The van der Waals surface area contributed by atoms with E-state index in [0.717, 1.165) is 5.56 Å². The van der Waals surface area contributed by atoms with Gasteiger partial charge in [0.2, 0.25) is 15.9 Å². The summed E-state index contributed by atoms with van der Waals surface area (Å²) < 4.78 is 32.7. The van der Waals surface area contributed by atoms with Crippen LogP contribution in [0.3, 0.4) is 0 Å². The van der Waals surface area contributed by atoms with E-state index in [1.165, 1.54) is 4.31 Å². The van der Waals surface area contributed by atoms with Crippen LogP contribution in [0.1, 0.15) is 23.8 Å². The first-order chi connectivity index (χ1) is 12.5. The van der Waals surface area contributed by atoms with Crippen molar-refractivity contribution in [3.8, 4) is 11.6 Å². The van der Waals surface area contributed by atoms with Gasteiger partial charge in [0, 0.05) is 25.5 Å². The van der Waals surface area contributed by atoms with Crippen molar-refractivity contribution in [3.05, 3.63) is 54.3 Å². The van der Waals surface area contributed by atoms with Crippen LogP contribution in [0.15, 0.2) is 52.2 Å². The molecule has 0 amide bonds. The number of aromatic nitrogens is 4. The molecule has 3 heterocycles. The highest BCUT2D eigenvalue weighted by molar-refractivity contribution is 7.89. The maximum Gasteiger partial charge on any atom is 0.267 e. The second-order valence-electron chi connectivity index (χ2n) is 6.20. The predicted molar refractivity (Wildman–Crippen MR) is 92.6 cm³/mol. The van der Waals surface area contributed by atoms with Crippen LogP contribution >= 0.6 is 0 Å². The molecule has 134 valence electrons. The fourth-order valence-electron chi connectivity index (χ4n) is 2.92. The van der Waals surface area contributed by atoms with Crippen LogP contribution in [0.25, 0.3) is 11.6 Å². The Hall–Kier alpha value is -2.65. The molecule has 0 spiro atoms. The van der Waals surface area contributed by atoms with E-state index in [1.54, 1.807) is 42.9 Å². The van der Waals surface area contributed by atoms with E-state index >= 15 is 0 Å². The minimum atomic E-state index is -3.52. The first-order valence-electron chi connectivity index (χ1n) is 8.20. The van der Waals surface area contributed by atoms with Crippen LogP contribution < -0.4 is 0 Å². The normalized spacial score (nSPS) is 18.3. The van der Waals surface area contributed by atoms with Crippen molar-refractivity contribution < 1.29 is 12.8 Å². The molecule has 0 unspecified atom stereocenters. The van der Waals surface area contributed by atoms with Gasteiger partial charge in [0.15, 0.2) is 0 Å². The minimum Gasteiger partial charge on any atom is -0.419 e. The average molecular weight is 371 g/mol. The van der Waals surface area contributed by atoms with Crippen molar-refractivity contribution in [1.82, 2.24) is 24.5 Å². The molecular formula is C17H17N5O3S. The Balaban J connectivity index is 1.52. The van der Waals surface area contributed by atoms with E-state index in [2.05, 4.69) is 20.2 Å². The van der Waals surface area contributed by atoms with Gasteiger partial charge in [0.25, 0.3) is 5.89 Å². The zero-order chi connectivity index (χ0) is 18.1. The molecule has 1 aromatic carbocycles. The summed E-state index contributed by atoms with van der Waals surface area (Å²) in [6.07, 6.45) is 5.28. The molecule has 1 fully saturated rings. The fourth-order valence-corrected chi connectivity index (χ4v) is 4.42. The van der Waals surface area contributed by atoms with Crippen LogP contribution in [0.2, 0.25) is 0 Å². The number of aryl methyl sites for hydroxylation is 1. The zero-order valence-corrected chi connectivity index (χ0v) is 14.9. The Labute approximate surface area is 151 Å². The molecular weight excluding hydrogens is 354 g/mol. The van der Waals surface area contributed by atoms with Gasteiger partial charge in [-0.25, -0.2) is 13.4 Å². The van der Waals surface area contributed by atoms with Crippen molar-refractivity contribution in [2.45, 2.75) is 24.2 Å². The minimum absolute atomic E-state index is 0.131. The molecule has 1 aliphatic rings. The van der Waals surface area contributed by atoms with Gasteiger partial charge in [-0.2, -0.15) is 4.31 Å². The van der Waals surface area contributed by atoms with Crippen LogP contribution in [0, 0.1) is 6.92 Å². The number of nitrogens with zero attached hydrogens (tertiary/aromatic N) is 5. The third kappa shape index (κ3) is 3.11. The second-order valence-corrected chi connectivity index (χ2v) is 8.14. The van der Waals surface area contributed by atoms with E-state index in [4.69, 9.17) is 4.42 Å². The van der Waals surface area contributed by atoms with Gasteiger partial charge >= 0.3 is 0 Å². The standard InChI is InChI=1S/C17H17N5O3S/c1-12-2-4-14(5-3-12)26(23,24)22-9-6-13(11-22)16-20-21-17(25-16)15-10-18-7-8-19-15/h2-5,7-8,10,13H,6,9,11H2,1H3/t13-/m0/s1. The van der Waals surface area contributed by atoms with Crippen LogP contribution in [0.5, 0.6) is 0 Å². The molecule has 2 aromatic heterocycles. The number of hydrogen-bond donors (Lipinski definition) is 0. The fraction of sp³-hybridized carbons (Fsp3) is 0.294. The second kappa shape index (κ2) is 6.58. The van der Waals surface area contributed by atoms with E-state index in [9.17, 15) is 8.42 Å². The van der Waals surface area contributed by atoms with E-state index in [0.29, 0.717) is 36.0 Å². The lowest BCUT2D eigenvalue weighted by Gasteiger charge is -2.16. The largest absolute Gasteiger partial charge is 0.419 e. The van der Waals surface area contributed by atoms with Gasteiger partial charge in [-0.3, -0.25) is 4.98 Å². The Kier molecular flexibility index (Phi) is 4.25. The summed E-state index contributed by atoms with van der Waals surface area (Å²) in [4.78, 5) is 8.40. The zero-order valence-electron chi connectivity index (χ0n) is 14.1. The van der Waals surface area contributed by atoms with Crippen molar-refractivity contribution >= 4 is 10.0 Å². The number of sulfonamides is 1. The van der Waals surface area contributed by atoms with Crippen molar-refractivity contribution in [1.29, 1.82) is 0 Å². The van der Waals surface area contributed by atoms with E-state index < -0.39 is 10.0 Å². The quantitative estimate of drug-likeness (QED) is 0.691. The summed E-state index contributed by atoms with van der Waals surface area (Å²) in [5, 5.41) is 8.07. The smallest absolute Gasteiger partial charge is 0.267 e. The SMILES string of the molecule is Cc1ccc(S(=O)(=O)N2CC[C@H](c3nnc(-c4cnccn4)o3)C2)cc1. The molecule has 1 atom stereocenters. The maximum atomic E-state index is 12.8. The summed E-state index contributed by atoms with van der Waals surface area (Å²) in [6.45, 7) is 2.66. The molecule has 0 saturated carbocycles. The molecule has 1 saturated heterocycles. The number of benzene rings is 1. The highest BCUT2D eigenvalue weighted by atomic mass is 32.2. The highest BCUT2D eigenvalue weighted by Crippen LogP contribution is 2.31. The van der Waals surface area contributed by atoms with Crippen molar-refractivity contribution in [2.24, 2.45) is 0 Å². The predicted octanol–water partition coefficient (Wildman–Crippen LogP) is 2.01. The topological polar surface area (TPSA) is 102 Å². The van der Waals surface area contributed by atoms with Gasteiger partial charge in [0.05, 0.1) is 17.0 Å². The van der Waals surface area contributed by atoms with Gasteiger partial charge in [-0.15, -0.1) is 10.2 Å². The Morgan fingerprint density at radius 2 is 1.96 bits per heavy atom. The Bertz CT molecular complexity index is 1000. The van der Waals surface area contributed by atoms with Gasteiger partial charge in [-0.1, -0.05) is 17.7 Å². The van der Waals surface area contributed by atoms with Crippen molar-refractivity contribution in [3.63, 3.8) is 0 Å². The monoisotopic (exact) mass is 371 g/mol. The number of hydrogen-bond acceptors (Lipinski definition) is 7. The number of rotatable bonds is 4. The first kappa shape index (κ1) is 16.8. The molecule has 1 aliphatic heterocycles. The first-order valence-corrected chi connectivity index (χ1v) is 9.64. The summed E-state index contributed by atoms with van der Waals surface area (Å²) in [5.74, 6) is 0.577. The third-order valence-electron chi connectivity index (χ3n) is 4.38. The summed E-state index contributed by atoms with van der Waals surface area (Å²) in [6, 6.07) is 6.87. The Morgan fingerprint density at radius 1 is 1.15 bits per heavy atom. The highest BCUT2D eigenvalue weighted by Gasteiger charge is 2.35. The molecule has 0 bridgehead atoms. The van der Waals surface area contributed by atoms with Crippen LogP contribution in [0.4, 0.5) is 0 Å². The van der Waals surface area contributed by atoms with E-state index in [1.807, 2.05) is 6.92 Å². The molecule has 3 aromatic rings. The average Bonchev–Trinajstić information content (AvgIpc) is 3.33. The summed E-state index contributed by atoms with van der Waals surface area (Å²) in [5.41, 5.74) is 1.51. The van der Waals surface area contributed by atoms with E-state index in [-0.39, 0.29) is 11.8 Å². The Morgan fingerprint density at radius 3 is 2.69 bits per heavy atom. The lowest BCUT2D eigenvalue weighted by Crippen LogP contribution is -2.28. The molecule has 0 N–H and O–H groups in total. The lowest BCUT2D eigenvalue weighted by molar-refractivity contribution is 0.439. The molecule has 4 rings (SSSR count). The lowest BCUT2D eigenvalue weighted by atomic mass is 10.1. The van der Waals surface area contributed by atoms with Gasteiger partial charge in [0.1, 0.15) is 5.69 Å². The maximum absolute atomic E-state index is 12.8. The molecule has 26 heavy (non-hydrogen) atoms. The van der Waals surface area contributed by atoms with Gasteiger partial charge in [-0.05, 0) is 25.5 Å².